The monoisotopic (exact) mass is 1250 g/mol. The van der Waals surface area contributed by atoms with Crippen molar-refractivity contribution in [2.75, 3.05) is 46.0 Å². The second kappa shape index (κ2) is 28.2. The molecule has 4 fully saturated rings. The van der Waals surface area contributed by atoms with E-state index in [9.17, 15) is 14.4 Å². The smallest absolute Gasteiger partial charge is 0.321 e. The van der Waals surface area contributed by atoms with Crippen molar-refractivity contribution in [2.45, 2.75) is 113 Å². The summed E-state index contributed by atoms with van der Waals surface area (Å²) in [5.74, 6) is -4.39. The quantitative estimate of drug-likeness (QED) is 0.0333. The Kier molecular flexibility index (Phi) is 19.6. The van der Waals surface area contributed by atoms with Gasteiger partial charge in [0.1, 0.15) is 42.3 Å². The molecule has 6 aliphatic rings. The first kappa shape index (κ1) is 61.2. The van der Waals surface area contributed by atoms with Crippen LogP contribution in [-0.4, -0.2) is 132 Å². The zero-order valence-corrected chi connectivity index (χ0v) is 49.8. The third-order valence-electron chi connectivity index (χ3n) is 16.2. The summed E-state index contributed by atoms with van der Waals surface area (Å²) in [5, 5.41) is 0. The maximum Gasteiger partial charge on any atom is 0.321 e. The van der Waals surface area contributed by atoms with Gasteiger partial charge in [-0.2, -0.15) is 0 Å². The molecule has 0 saturated carbocycles. The van der Waals surface area contributed by atoms with Crippen molar-refractivity contribution < 1.29 is 94.9 Å². The van der Waals surface area contributed by atoms with Crippen LogP contribution >= 0.6 is 23.2 Å². The fraction of sp³-hybridized carbons (Fsp3) is 0.409. The SMILES string of the molecule is COc1cc([C@@H]2c3cc4c(cc3[C@@H](O[C@@H]3O[C@@H]5COC(C)O[C@H]5[C@H](OC(=O)CCl)[C@H]3OC(=O)CCl)C3COC(=O)[C@@H]32)OCO4)cc(OC)c1OC1OC(OCc2ccccc2)C(OCc2ccccc2)C(OCc2ccccc2)C1OCc1ccccc1. The van der Waals surface area contributed by atoms with Gasteiger partial charge in [0.15, 0.2) is 54.1 Å². The molecule has 0 aromatic heterocycles. The van der Waals surface area contributed by atoms with Crippen molar-refractivity contribution >= 4 is 41.1 Å². The number of halogens is 2. The van der Waals surface area contributed by atoms with Crippen LogP contribution in [0.1, 0.15) is 57.9 Å². The van der Waals surface area contributed by atoms with Crippen LogP contribution in [0.3, 0.4) is 0 Å². The summed E-state index contributed by atoms with van der Waals surface area (Å²) < 4.78 is 109. The molecule has 7 unspecified atom stereocenters. The molecule has 15 atom stereocenters. The third kappa shape index (κ3) is 13.4. The largest absolute Gasteiger partial charge is 0.493 e. The molecule has 0 amide bonds. The van der Waals surface area contributed by atoms with Crippen LogP contribution in [0.4, 0.5) is 0 Å². The normalized spacial score (nSPS) is 28.5. The van der Waals surface area contributed by atoms with Crippen LogP contribution in [0.2, 0.25) is 0 Å². The van der Waals surface area contributed by atoms with Gasteiger partial charge in [-0.25, -0.2) is 0 Å². The van der Waals surface area contributed by atoms with Crippen molar-refractivity contribution in [1.82, 2.24) is 0 Å². The molecule has 12 rings (SSSR count). The van der Waals surface area contributed by atoms with Crippen LogP contribution < -0.4 is 23.7 Å². The van der Waals surface area contributed by atoms with Crippen molar-refractivity contribution in [3.05, 3.63) is 185 Å². The molecule has 1 aliphatic carbocycles. The number of hydrogen-bond donors (Lipinski definition) is 0. The minimum atomic E-state index is -1.46. The van der Waals surface area contributed by atoms with Crippen molar-refractivity contribution in [3.63, 3.8) is 0 Å². The molecule has 464 valence electrons. The van der Waals surface area contributed by atoms with Crippen LogP contribution in [0.5, 0.6) is 28.7 Å². The van der Waals surface area contributed by atoms with E-state index in [4.69, 9.17) is 104 Å². The van der Waals surface area contributed by atoms with Gasteiger partial charge in [0.05, 0.1) is 65.9 Å². The number of benzene rings is 6. The Bertz CT molecular complexity index is 3300. The van der Waals surface area contributed by atoms with Gasteiger partial charge >= 0.3 is 17.9 Å². The molecule has 22 heteroatoms. The summed E-state index contributed by atoms with van der Waals surface area (Å²) in [4.78, 5) is 40.7. The number of methoxy groups -OCH3 is 2. The highest BCUT2D eigenvalue weighted by atomic mass is 35.5. The molecular weight excluding hydrogens is 1180 g/mol. The van der Waals surface area contributed by atoms with Gasteiger partial charge in [-0.3, -0.25) is 14.4 Å². The maximum absolute atomic E-state index is 14.6. The summed E-state index contributed by atoms with van der Waals surface area (Å²) in [6.07, 6.45) is -13.0. The van der Waals surface area contributed by atoms with Gasteiger partial charge in [0.2, 0.25) is 18.8 Å². The van der Waals surface area contributed by atoms with Crippen LogP contribution in [-0.2, 0) is 97.7 Å². The van der Waals surface area contributed by atoms with Crippen LogP contribution in [0.25, 0.3) is 0 Å². The molecule has 5 heterocycles. The minimum absolute atomic E-state index is 0.000994. The highest BCUT2D eigenvalue weighted by Crippen LogP contribution is 2.57. The first-order chi connectivity index (χ1) is 43.1. The van der Waals surface area contributed by atoms with E-state index in [0.29, 0.717) is 28.2 Å². The number of alkyl halides is 2. The Morgan fingerprint density at radius 1 is 0.545 bits per heavy atom. The average Bonchev–Trinajstić information content (AvgIpc) is 1.51. The van der Waals surface area contributed by atoms with Gasteiger partial charge in [-0.05, 0) is 70.1 Å². The minimum Gasteiger partial charge on any atom is -0.493 e. The number of carbonyl (C=O) groups is 3. The lowest BCUT2D eigenvalue weighted by molar-refractivity contribution is -0.365. The number of ether oxygens (including phenoxy) is 17. The average molecular weight is 1250 g/mol. The van der Waals surface area contributed by atoms with E-state index in [0.717, 1.165) is 22.3 Å². The lowest BCUT2D eigenvalue weighted by Crippen LogP contribution is -2.65. The molecule has 6 aromatic rings. The van der Waals surface area contributed by atoms with E-state index in [1.165, 1.54) is 14.2 Å². The van der Waals surface area contributed by atoms with E-state index < -0.39 is 121 Å². The summed E-state index contributed by atoms with van der Waals surface area (Å²) in [5.41, 5.74) is 5.30. The number of hydrogen-bond acceptors (Lipinski definition) is 20. The fourth-order valence-electron chi connectivity index (χ4n) is 12.1. The number of esters is 3. The Hall–Kier alpha value is -7.05. The summed E-state index contributed by atoms with van der Waals surface area (Å²) >= 11 is 12.0. The second-order valence-electron chi connectivity index (χ2n) is 21.7. The zero-order valence-electron chi connectivity index (χ0n) is 48.3. The number of rotatable bonds is 23. The maximum atomic E-state index is 14.6. The third-order valence-corrected chi connectivity index (χ3v) is 16.7. The van der Waals surface area contributed by atoms with E-state index in [1.54, 1.807) is 31.2 Å². The first-order valence-electron chi connectivity index (χ1n) is 29.0. The number of cyclic esters (lactones) is 1. The van der Waals surface area contributed by atoms with Crippen molar-refractivity contribution in [1.29, 1.82) is 0 Å². The highest BCUT2D eigenvalue weighted by molar-refractivity contribution is 6.26. The van der Waals surface area contributed by atoms with Crippen molar-refractivity contribution in [2.24, 2.45) is 11.8 Å². The predicted octanol–water partition coefficient (Wildman–Crippen LogP) is 9.25. The molecule has 20 nitrogen and oxygen atoms in total. The van der Waals surface area contributed by atoms with Crippen molar-refractivity contribution in [3.8, 4) is 28.7 Å². The van der Waals surface area contributed by atoms with E-state index in [2.05, 4.69) is 0 Å². The van der Waals surface area contributed by atoms with Crippen LogP contribution in [0.15, 0.2) is 146 Å². The second-order valence-corrected chi connectivity index (χ2v) is 22.3. The zero-order chi connectivity index (χ0) is 60.7. The molecule has 0 bridgehead atoms. The molecule has 0 radical (unpaired) electrons. The Labute approximate surface area is 518 Å². The first-order valence-corrected chi connectivity index (χ1v) is 30.0. The summed E-state index contributed by atoms with van der Waals surface area (Å²) in [7, 11) is 2.99. The Morgan fingerprint density at radius 2 is 1.06 bits per heavy atom. The summed E-state index contributed by atoms with van der Waals surface area (Å²) in [6.45, 7) is 2.13. The topological polar surface area (TPSA) is 208 Å². The van der Waals surface area contributed by atoms with E-state index in [1.807, 2.05) is 121 Å². The predicted molar refractivity (Wildman–Crippen MR) is 311 cm³/mol. The lowest BCUT2D eigenvalue weighted by Gasteiger charge is -2.49. The fourth-order valence-corrected chi connectivity index (χ4v) is 12.3. The summed E-state index contributed by atoms with van der Waals surface area (Å²) in [6, 6.07) is 46.2. The number of fused-ring (bicyclic) bond motifs is 4. The van der Waals surface area contributed by atoms with Gasteiger partial charge in [-0.15, -0.1) is 23.2 Å². The van der Waals surface area contributed by atoms with E-state index in [-0.39, 0.29) is 63.7 Å². The molecule has 4 saturated heterocycles. The number of carbonyl (C=O) groups excluding carboxylic acids is 3. The van der Waals surface area contributed by atoms with Gasteiger partial charge in [0, 0.05) is 11.8 Å². The molecular formula is C66H66Cl2O20. The lowest BCUT2D eigenvalue weighted by atomic mass is 9.66. The van der Waals surface area contributed by atoms with Gasteiger partial charge in [-0.1, -0.05) is 121 Å². The Balaban J connectivity index is 0.925. The molecule has 88 heavy (non-hydrogen) atoms. The molecule has 6 aromatic carbocycles. The molecule has 0 N–H and O–H groups in total. The molecule has 5 aliphatic heterocycles. The highest BCUT2D eigenvalue weighted by Gasteiger charge is 2.59. The standard InChI is InChI=1S/C66H66Cl2O20/c1-37-74-35-50-57(82-37)59(84-51(69)28-67)62(85-52(70)29-68)66(83-50)86-55-44-27-47-46(80-36-81-47)26-43(44)53(54-45(55)34-78-63(54)71)42-24-48(72-2)56(49(25-42)73-3)87-65-61(77-32-40-20-12-6-13-21-40)58(75-30-38-16-8-4-9-17-38)60(76-31-39-18-10-5-11-19-39)64(88-65)79-33-41-22-14-7-15-23-41/h4-27,37,45,50,53-55,57-62,64-66H,28-36H2,1-3H3/t37?,45?,50-,53-,54+,55-,57-,58?,59+,60?,61?,62-,64?,65?,66+/m1/s1. The van der Waals surface area contributed by atoms with E-state index >= 15 is 0 Å². The van der Waals surface area contributed by atoms with Gasteiger partial charge in [0.25, 0.3) is 0 Å². The Morgan fingerprint density at radius 3 is 1.60 bits per heavy atom. The van der Waals surface area contributed by atoms with Crippen LogP contribution in [0, 0.1) is 11.8 Å². The molecule has 0 spiro atoms. The van der Waals surface area contributed by atoms with Gasteiger partial charge < -0.3 is 80.5 Å².